The van der Waals surface area contributed by atoms with Gasteiger partial charge < -0.3 is 20.3 Å². The summed E-state index contributed by atoms with van der Waals surface area (Å²) in [5, 5.41) is 6.74. The summed E-state index contributed by atoms with van der Waals surface area (Å²) < 4.78 is 20.0. The lowest BCUT2D eigenvalue weighted by Gasteiger charge is -2.19. The summed E-state index contributed by atoms with van der Waals surface area (Å²) in [5.74, 6) is 2.09. The molecule has 2 fully saturated rings. The molecule has 2 N–H and O–H groups in total. The normalized spacial score (nSPS) is 20.5. The van der Waals surface area contributed by atoms with Crippen LogP contribution in [0.4, 0.5) is 4.39 Å². The zero-order chi connectivity index (χ0) is 20.6. The van der Waals surface area contributed by atoms with Crippen molar-refractivity contribution in [2.24, 2.45) is 16.8 Å². The van der Waals surface area contributed by atoms with Gasteiger partial charge in [0.2, 0.25) is 0 Å². The lowest BCUT2D eigenvalue weighted by Crippen LogP contribution is -2.39. The van der Waals surface area contributed by atoms with Crippen molar-refractivity contribution in [1.82, 2.24) is 15.5 Å². The molecular formula is C23H38FIN4O. The Kier molecular flexibility index (Phi) is 10.6. The van der Waals surface area contributed by atoms with Gasteiger partial charge in [-0.3, -0.25) is 4.99 Å². The molecule has 2 atom stereocenters. The second-order valence-corrected chi connectivity index (χ2v) is 8.49. The minimum absolute atomic E-state index is 0. The number of hydrogen-bond donors (Lipinski definition) is 2. The van der Waals surface area contributed by atoms with E-state index >= 15 is 0 Å². The Bertz CT molecular complexity index is 683. The predicted octanol–water partition coefficient (Wildman–Crippen LogP) is 4.58. The highest BCUT2D eigenvalue weighted by Gasteiger charge is 2.23. The fourth-order valence-corrected chi connectivity index (χ4v) is 3.81. The molecule has 1 heterocycles. The molecule has 1 aliphatic heterocycles. The first-order chi connectivity index (χ1) is 14.1. The summed E-state index contributed by atoms with van der Waals surface area (Å²) in [6.45, 7) is 12.1. The molecule has 30 heavy (non-hydrogen) atoms. The van der Waals surface area contributed by atoms with Crippen molar-refractivity contribution in [3.63, 3.8) is 0 Å². The van der Waals surface area contributed by atoms with Gasteiger partial charge in [0.05, 0.1) is 12.6 Å². The van der Waals surface area contributed by atoms with Crippen LogP contribution in [-0.4, -0.2) is 50.2 Å². The van der Waals surface area contributed by atoms with Crippen molar-refractivity contribution in [1.29, 1.82) is 0 Å². The van der Waals surface area contributed by atoms with Crippen LogP contribution < -0.4 is 15.4 Å². The highest BCUT2D eigenvalue weighted by molar-refractivity contribution is 14.0. The second-order valence-electron chi connectivity index (χ2n) is 8.49. The average molecular weight is 532 g/mol. The number of nitrogens with zero attached hydrogens (tertiary/aromatic N) is 2. The molecule has 170 valence electrons. The maximum atomic E-state index is 14.4. The van der Waals surface area contributed by atoms with E-state index in [-0.39, 0.29) is 35.8 Å². The Balaban J connectivity index is 0.00000320. The van der Waals surface area contributed by atoms with Crippen LogP contribution in [0.15, 0.2) is 23.2 Å². The van der Waals surface area contributed by atoms with Crippen LogP contribution >= 0.6 is 24.0 Å². The molecule has 2 aliphatic rings. The zero-order valence-corrected chi connectivity index (χ0v) is 21.0. The molecule has 3 rings (SSSR count). The first-order valence-corrected chi connectivity index (χ1v) is 11.3. The van der Waals surface area contributed by atoms with Gasteiger partial charge in [0.1, 0.15) is 0 Å². The number of nitrogens with one attached hydrogen (secondary N) is 2. The summed E-state index contributed by atoms with van der Waals surface area (Å²) in [4.78, 5) is 7.33. The number of hydrogen-bond acceptors (Lipinski definition) is 3. The number of ether oxygens (including phenoxy) is 1. The summed E-state index contributed by atoms with van der Waals surface area (Å²) in [6, 6.07) is 5.21. The molecule has 1 aromatic carbocycles. The van der Waals surface area contributed by atoms with Gasteiger partial charge in [0.25, 0.3) is 0 Å². The number of benzene rings is 1. The summed E-state index contributed by atoms with van der Waals surface area (Å²) in [5.41, 5.74) is 0.891. The monoisotopic (exact) mass is 532 g/mol. The predicted molar refractivity (Wildman–Crippen MR) is 132 cm³/mol. The van der Waals surface area contributed by atoms with Gasteiger partial charge in [-0.15, -0.1) is 24.0 Å². The molecule has 0 aromatic heterocycles. The van der Waals surface area contributed by atoms with Crippen molar-refractivity contribution in [3.05, 3.63) is 29.6 Å². The van der Waals surface area contributed by atoms with Crippen molar-refractivity contribution in [3.8, 4) is 5.75 Å². The number of halogens is 2. The van der Waals surface area contributed by atoms with Gasteiger partial charge in [-0.05, 0) is 82.2 Å². The maximum Gasteiger partial charge on any atom is 0.191 e. The van der Waals surface area contributed by atoms with Gasteiger partial charge in [0, 0.05) is 19.6 Å². The van der Waals surface area contributed by atoms with E-state index in [1.165, 1.54) is 38.8 Å². The highest BCUT2D eigenvalue weighted by Crippen LogP contribution is 2.30. The van der Waals surface area contributed by atoms with E-state index in [9.17, 15) is 4.39 Å². The largest absolute Gasteiger partial charge is 0.490 e. The van der Waals surface area contributed by atoms with E-state index in [4.69, 9.17) is 9.73 Å². The van der Waals surface area contributed by atoms with Crippen LogP contribution in [0.2, 0.25) is 0 Å². The lowest BCUT2D eigenvalue weighted by molar-refractivity contribution is 0.285. The summed E-state index contributed by atoms with van der Waals surface area (Å²) in [7, 11) is 0. The second kappa shape index (κ2) is 12.7. The third kappa shape index (κ3) is 7.87. The van der Waals surface area contributed by atoms with E-state index in [2.05, 4.69) is 29.4 Å². The van der Waals surface area contributed by atoms with E-state index < -0.39 is 0 Å². The highest BCUT2D eigenvalue weighted by atomic mass is 127. The minimum Gasteiger partial charge on any atom is -0.490 e. The van der Waals surface area contributed by atoms with Crippen LogP contribution in [0.1, 0.15) is 58.1 Å². The number of likely N-dealkylation sites (tertiary alicyclic amines) is 1. The van der Waals surface area contributed by atoms with E-state index in [1.807, 2.05) is 13.0 Å². The first kappa shape index (κ1) is 25.2. The Labute approximate surface area is 198 Å². The van der Waals surface area contributed by atoms with Gasteiger partial charge in [0.15, 0.2) is 17.5 Å². The fraction of sp³-hybridized carbons (Fsp3) is 0.696. The van der Waals surface area contributed by atoms with Crippen LogP contribution in [-0.2, 0) is 0 Å². The smallest absolute Gasteiger partial charge is 0.191 e. The van der Waals surface area contributed by atoms with Gasteiger partial charge >= 0.3 is 0 Å². The Hall–Kier alpha value is -1.09. The van der Waals surface area contributed by atoms with Crippen molar-refractivity contribution >= 4 is 29.9 Å². The Morgan fingerprint density at radius 1 is 1.27 bits per heavy atom. The molecule has 1 aliphatic carbocycles. The Morgan fingerprint density at radius 3 is 2.73 bits per heavy atom. The van der Waals surface area contributed by atoms with Crippen LogP contribution in [0.25, 0.3) is 0 Å². The van der Waals surface area contributed by atoms with Crippen molar-refractivity contribution in [2.45, 2.75) is 52.5 Å². The molecule has 2 unspecified atom stereocenters. The molecule has 7 heteroatoms. The van der Waals surface area contributed by atoms with Crippen molar-refractivity contribution < 1.29 is 9.13 Å². The Morgan fingerprint density at radius 2 is 2.07 bits per heavy atom. The molecule has 1 aromatic rings. The topological polar surface area (TPSA) is 48.9 Å². The molecule has 0 radical (unpaired) electrons. The SMILES string of the molecule is CCCN1CCC(CN=C(NCC)NC(C)c2ccc(OCC3CC3)c(F)c2)C1.I. The van der Waals surface area contributed by atoms with Gasteiger partial charge in [-0.25, -0.2) is 4.39 Å². The molecule has 1 saturated carbocycles. The molecule has 5 nitrogen and oxygen atoms in total. The lowest BCUT2D eigenvalue weighted by atomic mass is 10.1. The zero-order valence-electron chi connectivity index (χ0n) is 18.6. The number of rotatable bonds is 10. The van der Waals surface area contributed by atoms with Crippen LogP contribution in [0.5, 0.6) is 5.75 Å². The van der Waals surface area contributed by atoms with Gasteiger partial charge in [-0.1, -0.05) is 13.0 Å². The minimum atomic E-state index is -0.291. The summed E-state index contributed by atoms with van der Waals surface area (Å²) in [6.07, 6.45) is 4.82. The third-order valence-corrected chi connectivity index (χ3v) is 5.74. The fourth-order valence-electron chi connectivity index (χ4n) is 3.81. The van der Waals surface area contributed by atoms with Crippen molar-refractivity contribution in [2.75, 3.05) is 39.3 Å². The van der Waals surface area contributed by atoms with Crippen LogP contribution in [0, 0.1) is 17.7 Å². The molecular weight excluding hydrogens is 494 g/mol. The number of aliphatic imine (C=N–C) groups is 1. The first-order valence-electron chi connectivity index (χ1n) is 11.3. The summed E-state index contributed by atoms with van der Waals surface area (Å²) >= 11 is 0. The molecule has 1 saturated heterocycles. The van der Waals surface area contributed by atoms with E-state index in [0.717, 1.165) is 31.2 Å². The standard InChI is InChI=1S/C23H37FN4O.HI/c1-4-11-28-12-10-19(15-28)14-26-23(25-5-2)27-17(3)20-8-9-22(21(24)13-20)29-16-18-6-7-18;/h8-9,13,17-19H,4-7,10-12,14-16H2,1-3H3,(H2,25,26,27);1H. The number of guanidine groups is 1. The van der Waals surface area contributed by atoms with Crippen LogP contribution in [0.3, 0.4) is 0 Å². The van der Waals surface area contributed by atoms with E-state index in [1.54, 1.807) is 12.1 Å². The molecule has 0 bridgehead atoms. The molecule has 0 amide bonds. The maximum absolute atomic E-state index is 14.4. The third-order valence-electron chi connectivity index (χ3n) is 5.74. The average Bonchev–Trinajstić information content (AvgIpc) is 3.43. The van der Waals surface area contributed by atoms with E-state index in [0.29, 0.717) is 24.2 Å². The van der Waals surface area contributed by atoms with Gasteiger partial charge in [-0.2, -0.15) is 0 Å². The molecule has 0 spiro atoms. The quantitative estimate of drug-likeness (QED) is 0.263.